The Morgan fingerprint density at radius 2 is 0.919 bits per heavy atom. The van der Waals surface area contributed by atoms with Gasteiger partial charge in [-0.05, 0) is 36.9 Å². The summed E-state index contributed by atoms with van der Waals surface area (Å²) in [6, 6.07) is 0. The number of hydrogen-bond acceptors (Lipinski definition) is 4. The van der Waals surface area contributed by atoms with Gasteiger partial charge in [0, 0.05) is 5.92 Å². The van der Waals surface area contributed by atoms with Crippen molar-refractivity contribution < 1.29 is 19.3 Å². The van der Waals surface area contributed by atoms with Crippen molar-refractivity contribution in [2.45, 2.75) is 162 Å². The van der Waals surface area contributed by atoms with Gasteiger partial charge in [0.15, 0.2) is 0 Å². The third-order valence-electron chi connectivity index (χ3n) is 7.15. The molecule has 3 atom stereocenters. The zero-order valence-corrected chi connectivity index (χ0v) is 26.8. The summed E-state index contributed by atoms with van der Waals surface area (Å²) in [4.78, 5) is 0. The number of aliphatic hydroxyl groups excluding tert-OH is 2. The fraction of sp³-hybridized carbons (Fsp3) is 1.00. The second-order valence-corrected chi connectivity index (χ2v) is 13.9. The molecule has 0 aromatic heterocycles. The number of unbranched alkanes of at least 4 members (excludes halogenated alkanes) is 18. The molecule has 0 aliphatic carbocycles. The Labute approximate surface area is 238 Å². The molecule has 0 radical (unpaired) electrons. The van der Waals surface area contributed by atoms with Gasteiger partial charge in [0.05, 0.1) is 6.61 Å². The molecule has 6 heteroatoms. The zero-order valence-electron chi connectivity index (χ0n) is 25.2. The van der Waals surface area contributed by atoms with Crippen LogP contribution in [0.1, 0.15) is 162 Å². The van der Waals surface area contributed by atoms with E-state index in [0.29, 0.717) is 17.4 Å². The normalized spacial score (nSPS) is 13.7. The molecule has 3 unspecified atom stereocenters. The molecule has 37 heavy (non-hydrogen) atoms. The Hall–Kier alpha value is 0.540. The summed E-state index contributed by atoms with van der Waals surface area (Å²) < 4.78 is 22.6. The largest absolute Gasteiger partial charge is 0.616 e. The Morgan fingerprint density at radius 3 is 1.30 bits per heavy atom. The van der Waals surface area contributed by atoms with Gasteiger partial charge in [-0.1, -0.05) is 148 Å². The van der Waals surface area contributed by atoms with E-state index in [0.717, 1.165) is 18.6 Å². The highest BCUT2D eigenvalue weighted by atomic mass is 32.2. The van der Waals surface area contributed by atoms with Crippen LogP contribution >= 0.6 is 0 Å². The molecule has 0 rings (SSSR count). The smallest absolute Gasteiger partial charge is 0.203 e. The zero-order chi connectivity index (χ0) is 27.8. The van der Waals surface area contributed by atoms with Crippen LogP contribution in [0.4, 0.5) is 0 Å². The Kier molecular flexibility index (Phi) is 37.1. The van der Waals surface area contributed by atoms with E-state index in [4.69, 9.17) is 10.2 Å². The minimum Gasteiger partial charge on any atom is -0.616 e. The molecule has 4 nitrogen and oxygen atoms in total. The molecule has 0 saturated heterocycles. The minimum atomic E-state index is -0.986. The average molecular weight is 567 g/mol. The Morgan fingerprint density at radius 1 is 0.514 bits per heavy atom. The quantitative estimate of drug-likeness (QED) is 0.0732. The third kappa shape index (κ3) is 34.5. The second-order valence-electron chi connectivity index (χ2n) is 10.7. The minimum absolute atomic E-state index is 0.0564. The van der Waals surface area contributed by atoms with E-state index < -0.39 is 22.4 Å². The van der Waals surface area contributed by atoms with Crippen molar-refractivity contribution in [2.75, 3.05) is 29.8 Å². The lowest BCUT2D eigenvalue weighted by atomic mass is 9.99. The molecule has 0 aliphatic heterocycles. The maximum Gasteiger partial charge on any atom is 0.203 e. The van der Waals surface area contributed by atoms with E-state index in [1.165, 1.54) is 128 Å². The molecule has 0 spiro atoms. The van der Waals surface area contributed by atoms with E-state index in [9.17, 15) is 9.11 Å². The topological polar surface area (TPSA) is 86.6 Å². The SMILES string of the molecule is CCCCCCCCCCC(CC)C[S+]([O-])CCO.CCCCCCCCCCCCCC[S+]([O-])CO. The van der Waals surface area contributed by atoms with Crippen molar-refractivity contribution in [1.29, 1.82) is 0 Å². The summed E-state index contributed by atoms with van der Waals surface area (Å²) in [6.07, 6.45) is 29.1. The second kappa shape index (κ2) is 34.6. The van der Waals surface area contributed by atoms with Gasteiger partial charge in [-0.3, -0.25) is 0 Å². The molecule has 226 valence electrons. The molecule has 0 fully saturated rings. The van der Waals surface area contributed by atoms with Crippen LogP contribution in [0.25, 0.3) is 0 Å². The summed E-state index contributed by atoms with van der Waals surface area (Å²) >= 11 is -1.80. The number of hydrogen-bond donors (Lipinski definition) is 2. The Bertz CT molecular complexity index is 401. The summed E-state index contributed by atoms with van der Waals surface area (Å²) in [5.41, 5.74) is 0. The predicted molar refractivity (Wildman–Crippen MR) is 167 cm³/mol. The lowest BCUT2D eigenvalue weighted by molar-refractivity contribution is 0.319. The van der Waals surface area contributed by atoms with E-state index in [2.05, 4.69) is 20.8 Å². The van der Waals surface area contributed by atoms with E-state index in [1.54, 1.807) is 0 Å². The lowest BCUT2D eigenvalue weighted by Crippen LogP contribution is -2.20. The standard InChI is InChI=1S/C16H34O2S.C15H32O2S/c1-3-5-6-7-8-9-10-11-12-16(4-2)15-19(18)14-13-17;1-2-3-4-5-6-7-8-9-10-11-12-13-14-18(17)15-16/h16-17H,3-15H2,1-2H3;16H,2-15H2,1H3. The summed E-state index contributed by atoms with van der Waals surface area (Å²) in [5.74, 6) is 2.33. The van der Waals surface area contributed by atoms with Crippen molar-refractivity contribution in [2.24, 2.45) is 5.92 Å². The molecule has 0 aromatic rings. The fourth-order valence-corrected chi connectivity index (χ4v) is 6.54. The molecule has 0 bridgehead atoms. The van der Waals surface area contributed by atoms with Gasteiger partial charge in [0.2, 0.25) is 5.94 Å². The molecule has 0 saturated carbocycles. The van der Waals surface area contributed by atoms with Crippen LogP contribution in [-0.2, 0) is 22.4 Å². The van der Waals surface area contributed by atoms with Gasteiger partial charge in [-0.25, -0.2) is 0 Å². The van der Waals surface area contributed by atoms with Crippen molar-refractivity contribution in [3.63, 3.8) is 0 Å². The molecular weight excluding hydrogens is 500 g/mol. The predicted octanol–water partition coefficient (Wildman–Crippen LogP) is 8.67. The van der Waals surface area contributed by atoms with Crippen molar-refractivity contribution in [1.82, 2.24) is 0 Å². The molecule has 0 aliphatic rings. The maximum absolute atomic E-state index is 11.6. The molecule has 0 heterocycles. The molecule has 2 N–H and O–H groups in total. The van der Waals surface area contributed by atoms with Crippen LogP contribution in [-0.4, -0.2) is 49.1 Å². The van der Waals surface area contributed by atoms with Gasteiger partial charge in [-0.2, -0.15) is 0 Å². The summed E-state index contributed by atoms with van der Waals surface area (Å²) in [7, 11) is 0. The molecule has 0 aromatic carbocycles. The van der Waals surface area contributed by atoms with Crippen molar-refractivity contribution >= 4 is 22.4 Å². The Balaban J connectivity index is 0. The lowest BCUT2D eigenvalue weighted by Gasteiger charge is -2.17. The van der Waals surface area contributed by atoms with E-state index >= 15 is 0 Å². The first kappa shape index (κ1) is 39.7. The van der Waals surface area contributed by atoms with Crippen molar-refractivity contribution in [3.8, 4) is 0 Å². The van der Waals surface area contributed by atoms with Crippen LogP contribution in [0.5, 0.6) is 0 Å². The van der Waals surface area contributed by atoms with Crippen molar-refractivity contribution in [3.05, 3.63) is 0 Å². The van der Waals surface area contributed by atoms with Crippen LogP contribution in [0.3, 0.4) is 0 Å². The van der Waals surface area contributed by atoms with Crippen LogP contribution < -0.4 is 0 Å². The van der Waals surface area contributed by atoms with Crippen LogP contribution in [0.15, 0.2) is 0 Å². The summed E-state index contributed by atoms with van der Waals surface area (Å²) in [5, 5.41) is 17.4. The van der Waals surface area contributed by atoms with Gasteiger partial charge < -0.3 is 19.3 Å². The number of aliphatic hydroxyl groups is 2. The highest BCUT2D eigenvalue weighted by Crippen LogP contribution is 2.18. The van der Waals surface area contributed by atoms with Gasteiger partial charge in [0.25, 0.3) is 0 Å². The first-order valence-corrected chi connectivity index (χ1v) is 18.9. The van der Waals surface area contributed by atoms with Gasteiger partial charge >= 0.3 is 0 Å². The molecule has 0 amide bonds. The highest BCUT2D eigenvalue weighted by Gasteiger charge is 2.14. The summed E-state index contributed by atoms with van der Waals surface area (Å²) in [6.45, 7) is 6.76. The monoisotopic (exact) mass is 566 g/mol. The number of rotatable bonds is 28. The highest BCUT2D eigenvalue weighted by molar-refractivity contribution is 7.91. The van der Waals surface area contributed by atoms with Crippen LogP contribution in [0, 0.1) is 5.92 Å². The first-order chi connectivity index (χ1) is 18.0. The van der Waals surface area contributed by atoms with Crippen LogP contribution in [0.2, 0.25) is 0 Å². The third-order valence-corrected chi connectivity index (χ3v) is 9.67. The van der Waals surface area contributed by atoms with E-state index in [-0.39, 0.29) is 12.5 Å². The van der Waals surface area contributed by atoms with E-state index in [1.807, 2.05) is 0 Å². The fourth-order valence-electron chi connectivity index (χ4n) is 4.59. The van der Waals surface area contributed by atoms with Gasteiger partial charge in [0.1, 0.15) is 17.3 Å². The molecular formula is C31H66O4S2. The average Bonchev–Trinajstić information content (AvgIpc) is 2.90. The first-order valence-electron chi connectivity index (χ1n) is 16.0. The van der Waals surface area contributed by atoms with Gasteiger partial charge in [-0.15, -0.1) is 0 Å². The maximum atomic E-state index is 11.6.